The second-order valence-corrected chi connectivity index (χ2v) is 9.61. The van der Waals surface area contributed by atoms with E-state index in [0.29, 0.717) is 31.9 Å². The van der Waals surface area contributed by atoms with Crippen molar-refractivity contribution in [1.82, 2.24) is 9.62 Å². The smallest absolute Gasteiger partial charge is 0.356 e. The number of carbonyl (C=O) groups excluding carboxylic acids is 1. The molecule has 2 aromatic rings. The average Bonchev–Trinajstić information content (AvgIpc) is 2.74. The van der Waals surface area contributed by atoms with Crippen molar-refractivity contribution in [2.24, 2.45) is 5.92 Å². The SMILES string of the molecule is Cc1ccccc1CCNC(=O)C1CCN(S(=O)(=O)c2cccc(C(F)(F)F)c2)CC1. The van der Waals surface area contributed by atoms with Gasteiger partial charge in [-0.2, -0.15) is 17.5 Å². The molecule has 9 heteroatoms. The molecule has 168 valence electrons. The predicted molar refractivity (Wildman–Crippen MR) is 111 cm³/mol. The van der Waals surface area contributed by atoms with Crippen molar-refractivity contribution in [1.29, 1.82) is 0 Å². The van der Waals surface area contributed by atoms with E-state index in [1.807, 2.05) is 31.2 Å². The maximum absolute atomic E-state index is 12.9. The van der Waals surface area contributed by atoms with Gasteiger partial charge >= 0.3 is 6.18 Å². The van der Waals surface area contributed by atoms with Crippen molar-refractivity contribution in [2.75, 3.05) is 19.6 Å². The van der Waals surface area contributed by atoms with E-state index in [2.05, 4.69) is 5.32 Å². The Morgan fingerprint density at radius 2 is 1.77 bits per heavy atom. The van der Waals surface area contributed by atoms with Crippen LogP contribution in [-0.4, -0.2) is 38.3 Å². The number of nitrogens with zero attached hydrogens (tertiary/aromatic N) is 1. The zero-order valence-electron chi connectivity index (χ0n) is 17.2. The Labute approximate surface area is 180 Å². The summed E-state index contributed by atoms with van der Waals surface area (Å²) in [6.45, 7) is 2.69. The Bertz CT molecular complexity index is 1030. The molecule has 1 amide bonds. The molecule has 5 nitrogen and oxygen atoms in total. The quantitative estimate of drug-likeness (QED) is 0.723. The van der Waals surface area contributed by atoms with Crippen molar-refractivity contribution in [3.05, 3.63) is 65.2 Å². The number of benzene rings is 2. The summed E-state index contributed by atoms with van der Waals surface area (Å²) in [5.41, 5.74) is 1.31. The van der Waals surface area contributed by atoms with Crippen molar-refractivity contribution in [3.8, 4) is 0 Å². The summed E-state index contributed by atoms with van der Waals surface area (Å²) in [5, 5.41) is 2.91. The van der Waals surface area contributed by atoms with Crippen molar-refractivity contribution in [3.63, 3.8) is 0 Å². The van der Waals surface area contributed by atoms with Gasteiger partial charge in [0.05, 0.1) is 10.5 Å². The van der Waals surface area contributed by atoms with Crippen molar-refractivity contribution >= 4 is 15.9 Å². The van der Waals surface area contributed by atoms with E-state index >= 15 is 0 Å². The van der Waals surface area contributed by atoms with Crippen molar-refractivity contribution < 1.29 is 26.4 Å². The maximum Gasteiger partial charge on any atom is 0.416 e. The summed E-state index contributed by atoms with van der Waals surface area (Å²) in [6.07, 6.45) is -3.25. The lowest BCUT2D eigenvalue weighted by Crippen LogP contribution is -2.43. The normalized spacial score (nSPS) is 16.3. The Morgan fingerprint density at radius 3 is 2.42 bits per heavy atom. The third-order valence-electron chi connectivity index (χ3n) is 5.58. The van der Waals surface area contributed by atoms with Gasteiger partial charge in [0.1, 0.15) is 0 Å². The van der Waals surface area contributed by atoms with Gasteiger partial charge in [0, 0.05) is 25.6 Å². The van der Waals surface area contributed by atoms with E-state index in [1.54, 1.807) is 0 Å². The van der Waals surface area contributed by atoms with Gasteiger partial charge in [-0.15, -0.1) is 0 Å². The van der Waals surface area contributed by atoms with Gasteiger partial charge in [0.15, 0.2) is 0 Å². The predicted octanol–water partition coefficient (Wildman–Crippen LogP) is 3.77. The summed E-state index contributed by atoms with van der Waals surface area (Å²) in [4.78, 5) is 12.1. The Balaban J connectivity index is 1.55. The third kappa shape index (κ3) is 5.65. The van der Waals surface area contributed by atoms with E-state index < -0.39 is 21.8 Å². The number of halogens is 3. The second-order valence-electron chi connectivity index (χ2n) is 7.67. The fraction of sp³-hybridized carbons (Fsp3) is 0.409. The molecule has 1 aliphatic rings. The van der Waals surface area contributed by atoms with Crippen LogP contribution in [0.25, 0.3) is 0 Å². The van der Waals surface area contributed by atoms with Crippen LogP contribution in [0.5, 0.6) is 0 Å². The number of sulfonamides is 1. The van der Waals surface area contributed by atoms with Gasteiger partial charge in [-0.05, 0) is 55.5 Å². The van der Waals surface area contributed by atoms with Crippen LogP contribution in [0.1, 0.15) is 29.5 Å². The molecule has 1 heterocycles. The Kier molecular flexibility index (Phi) is 7.06. The first kappa shape index (κ1) is 23.3. The van der Waals surface area contributed by atoms with Crippen LogP contribution in [0.4, 0.5) is 13.2 Å². The van der Waals surface area contributed by atoms with Crippen LogP contribution >= 0.6 is 0 Å². The number of aryl methyl sites for hydroxylation is 1. The van der Waals surface area contributed by atoms with Gasteiger partial charge in [-0.3, -0.25) is 4.79 Å². The molecule has 0 bridgehead atoms. The van der Waals surface area contributed by atoms with Gasteiger partial charge in [0.2, 0.25) is 15.9 Å². The maximum atomic E-state index is 12.9. The number of amides is 1. The first-order valence-corrected chi connectivity index (χ1v) is 11.5. The molecule has 1 fully saturated rings. The molecular weight excluding hydrogens is 429 g/mol. The molecule has 0 aliphatic carbocycles. The fourth-order valence-electron chi connectivity index (χ4n) is 3.70. The zero-order chi connectivity index (χ0) is 22.6. The molecule has 1 aliphatic heterocycles. The molecule has 2 aromatic carbocycles. The van der Waals surface area contributed by atoms with Gasteiger partial charge in [0.25, 0.3) is 0 Å². The summed E-state index contributed by atoms with van der Waals surface area (Å²) < 4.78 is 65.4. The summed E-state index contributed by atoms with van der Waals surface area (Å²) in [5.74, 6) is -0.436. The van der Waals surface area contributed by atoms with E-state index in [4.69, 9.17) is 0 Å². The molecule has 0 unspecified atom stereocenters. The highest BCUT2D eigenvalue weighted by Crippen LogP contribution is 2.32. The first-order valence-electron chi connectivity index (χ1n) is 10.1. The van der Waals surface area contributed by atoms with Crippen LogP contribution in [0.2, 0.25) is 0 Å². The van der Waals surface area contributed by atoms with E-state index in [0.717, 1.165) is 33.6 Å². The first-order chi connectivity index (χ1) is 14.6. The molecule has 0 saturated carbocycles. The van der Waals surface area contributed by atoms with Gasteiger partial charge in [-0.25, -0.2) is 8.42 Å². The molecule has 1 N–H and O–H groups in total. The fourth-order valence-corrected chi connectivity index (χ4v) is 5.21. The Hall–Kier alpha value is -2.39. The number of nitrogens with one attached hydrogen (secondary N) is 1. The topological polar surface area (TPSA) is 66.5 Å². The number of carbonyl (C=O) groups is 1. The Morgan fingerprint density at radius 1 is 1.10 bits per heavy atom. The molecule has 31 heavy (non-hydrogen) atoms. The van der Waals surface area contributed by atoms with E-state index in [-0.39, 0.29) is 29.8 Å². The number of rotatable bonds is 6. The highest BCUT2D eigenvalue weighted by molar-refractivity contribution is 7.89. The van der Waals surface area contributed by atoms with Gasteiger partial charge < -0.3 is 5.32 Å². The number of alkyl halides is 3. The van der Waals surface area contributed by atoms with E-state index in [1.165, 1.54) is 0 Å². The lowest BCUT2D eigenvalue weighted by atomic mass is 9.97. The summed E-state index contributed by atoms with van der Waals surface area (Å²) in [7, 11) is -4.05. The van der Waals surface area contributed by atoms with Crippen LogP contribution in [0.3, 0.4) is 0 Å². The molecule has 0 spiro atoms. The highest BCUT2D eigenvalue weighted by atomic mass is 32.2. The molecular formula is C22H25F3N2O3S. The van der Waals surface area contributed by atoms with Crippen LogP contribution in [-0.2, 0) is 27.4 Å². The zero-order valence-corrected chi connectivity index (χ0v) is 18.0. The average molecular weight is 455 g/mol. The number of hydrogen-bond donors (Lipinski definition) is 1. The molecule has 0 radical (unpaired) electrons. The monoisotopic (exact) mass is 454 g/mol. The molecule has 3 rings (SSSR count). The van der Waals surface area contributed by atoms with Crippen LogP contribution in [0, 0.1) is 12.8 Å². The molecule has 0 aromatic heterocycles. The summed E-state index contributed by atoms with van der Waals surface area (Å²) >= 11 is 0. The minimum absolute atomic E-state index is 0.0917. The van der Waals surface area contributed by atoms with Crippen LogP contribution < -0.4 is 5.32 Å². The minimum Gasteiger partial charge on any atom is -0.356 e. The second kappa shape index (κ2) is 9.40. The van der Waals surface area contributed by atoms with E-state index in [9.17, 15) is 26.4 Å². The standard InChI is InChI=1S/C22H25F3N2O3S/c1-16-5-2-3-6-17(16)9-12-26-21(28)18-10-13-27(14-11-18)31(29,30)20-8-4-7-19(15-20)22(23,24)25/h2-8,15,18H,9-14H2,1H3,(H,26,28). The highest BCUT2D eigenvalue weighted by Gasteiger charge is 2.35. The minimum atomic E-state index is -4.62. The number of hydrogen-bond acceptors (Lipinski definition) is 3. The molecule has 0 atom stereocenters. The van der Waals surface area contributed by atoms with Gasteiger partial charge in [-0.1, -0.05) is 30.3 Å². The number of piperidine rings is 1. The van der Waals surface area contributed by atoms with Crippen molar-refractivity contribution in [2.45, 2.75) is 37.3 Å². The summed E-state index contributed by atoms with van der Waals surface area (Å²) in [6, 6.07) is 11.7. The lowest BCUT2D eigenvalue weighted by molar-refractivity contribution is -0.137. The largest absolute Gasteiger partial charge is 0.416 e. The lowest BCUT2D eigenvalue weighted by Gasteiger charge is -2.30. The van der Waals surface area contributed by atoms with Crippen LogP contribution in [0.15, 0.2) is 53.4 Å². The molecule has 1 saturated heterocycles. The third-order valence-corrected chi connectivity index (χ3v) is 7.47.